The number of aliphatic hydroxyl groups excluding tert-OH is 1. The van der Waals surface area contributed by atoms with Crippen LogP contribution in [0.1, 0.15) is 39.4 Å². The van der Waals surface area contributed by atoms with Gasteiger partial charge in [0.2, 0.25) is 0 Å². The number of carbonyl (C=O) groups is 1. The fraction of sp³-hybridized carbons (Fsp3) is 0.533. The van der Waals surface area contributed by atoms with Gasteiger partial charge in [-0.3, -0.25) is 4.79 Å². The Labute approximate surface area is 119 Å². The molecule has 0 saturated heterocycles. The number of aliphatic hydroxyl groups is 1. The standard InChI is InChI=1S/C15H22FNO3/c1-9(2)10(3)17-15(19)8-20-14-7-12(16)5-6-13(14)11(4)18/h5-7,9-11,18H,8H2,1-4H3,(H,17,19). The monoisotopic (exact) mass is 283 g/mol. The lowest BCUT2D eigenvalue weighted by atomic mass is 10.1. The van der Waals surface area contributed by atoms with E-state index in [0.717, 1.165) is 0 Å². The van der Waals surface area contributed by atoms with Crippen molar-refractivity contribution < 1.29 is 19.0 Å². The molecule has 0 aromatic heterocycles. The van der Waals surface area contributed by atoms with Crippen molar-refractivity contribution >= 4 is 5.91 Å². The van der Waals surface area contributed by atoms with Crippen LogP contribution in [0.25, 0.3) is 0 Å². The second-order valence-corrected chi connectivity index (χ2v) is 5.25. The Morgan fingerprint density at radius 1 is 1.35 bits per heavy atom. The lowest BCUT2D eigenvalue weighted by molar-refractivity contribution is -0.124. The summed E-state index contributed by atoms with van der Waals surface area (Å²) in [6, 6.07) is 3.90. The van der Waals surface area contributed by atoms with Gasteiger partial charge in [-0.25, -0.2) is 4.39 Å². The van der Waals surface area contributed by atoms with Crippen molar-refractivity contribution in [1.29, 1.82) is 0 Å². The molecular weight excluding hydrogens is 261 g/mol. The van der Waals surface area contributed by atoms with Crippen LogP contribution in [0.5, 0.6) is 5.75 Å². The third-order valence-electron chi connectivity index (χ3n) is 3.17. The molecule has 1 amide bonds. The summed E-state index contributed by atoms with van der Waals surface area (Å²) in [5.74, 6) is -0.235. The van der Waals surface area contributed by atoms with Gasteiger partial charge in [-0.2, -0.15) is 0 Å². The molecule has 0 bridgehead atoms. The van der Waals surface area contributed by atoms with Crippen LogP contribution in [-0.2, 0) is 4.79 Å². The van der Waals surface area contributed by atoms with Crippen molar-refractivity contribution in [2.45, 2.75) is 39.8 Å². The molecule has 1 aromatic carbocycles. The molecule has 2 N–H and O–H groups in total. The van der Waals surface area contributed by atoms with Gasteiger partial charge in [-0.15, -0.1) is 0 Å². The molecule has 4 nitrogen and oxygen atoms in total. The Morgan fingerprint density at radius 3 is 2.55 bits per heavy atom. The fourth-order valence-electron chi connectivity index (χ4n) is 1.58. The van der Waals surface area contributed by atoms with Crippen LogP contribution in [0, 0.1) is 11.7 Å². The maximum Gasteiger partial charge on any atom is 0.258 e. The zero-order valence-corrected chi connectivity index (χ0v) is 12.3. The third-order valence-corrected chi connectivity index (χ3v) is 3.17. The van der Waals surface area contributed by atoms with Gasteiger partial charge in [0, 0.05) is 17.7 Å². The van der Waals surface area contributed by atoms with Crippen LogP contribution in [0.3, 0.4) is 0 Å². The molecule has 0 radical (unpaired) electrons. The Morgan fingerprint density at radius 2 is 2.00 bits per heavy atom. The Balaban J connectivity index is 2.65. The first-order valence-electron chi connectivity index (χ1n) is 6.71. The highest BCUT2D eigenvalue weighted by Crippen LogP contribution is 2.25. The number of benzene rings is 1. The normalized spacial score (nSPS) is 13.9. The van der Waals surface area contributed by atoms with E-state index >= 15 is 0 Å². The van der Waals surface area contributed by atoms with Crippen molar-refractivity contribution in [3.63, 3.8) is 0 Å². The highest BCUT2D eigenvalue weighted by molar-refractivity contribution is 5.77. The first-order chi connectivity index (χ1) is 9.31. The van der Waals surface area contributed by atoms with E-state index in [1.165, 1.54) is 18.2 Å². The van der Waals surface area contributed by atoms with E-state index in [1.807, 2.05) is 20.8 Å². The molecule has 2 unspecified atom stereocenters. The van der Waals surface area contributed by atoms with E-state index in [2.05, 4.69) is 5.32 Å². The predicted octanol–water partition coefficient (Wildman–Crippen LogP) is 2.42. The summed E-state index contributed by atoms with van der Waals surface area (Å²) in [5.41, 5.74) is 0.455. The van der Waals surface area contributed by atoms with E-state index in [-0.39, 0.29) is 24.3 Å². The Bertz CT molecular complexity index is 460. The molecule has 5 heteroatoms. The van der Waals surface area contributed by atoms with Gasteiger partial charge >= 0.3 is 0 Å². The number of hydrogen-bond acceptors (Lipinski definition) is 3. The van der Waals surface area contributed by atoms with Gasteiger partial charge in [-0.05, 0) is 31.9 Å². The smallest absolute Gasteiger partial charge is 0.258 e. The SMILES string of the molecule is CC(O)c1ccc(F)cc1OCC(=O)NC(C)C(C)C. The van der Waals surface area contributed by atoms with Gasteiger partial charge in [-0.1, -0.05) is 13.8 Å². The number of carbonyl (C=O) groups excluding carboxylic acids is 1. The molecule has 0 aliphatic carbocycles. The molecule has 0 saturated carbocycles. The number of hydrogen-bond donors (Lipinski definition) is 2. The molecular formula is C15H22FNO3. The molecule has 0 spiro atoms. The maximum absolute atomic E-state index is 13.2. The van der Waals surface area contributed by atoms with E-state index in [9.17, 15) is 14.3 Å². The van der Waals surface area contributed by atoms with Crippen LogP contribution in [-0.4, -0.2) is 23.7 Å². The van der Waals surface area contributed by atoms with Crippen LogP contribution in [0.2, 0.25) is 0 Å². The van der Waals surface area contributed by atoms with E-state index < -0.39 is 11.9 Å². The average molecular weight is 283 g/mol. The summed E-state index contributed by atoms with van der Waals surface area (Å²) >= 11 is 0. The molecule has 0 fully saturated rings. The maximum atomic E-state index is 13.2. The van der Waals surface area contributed by atoms with Crippen molar-refractivity contribution in [3.05, 3.63) is 29.6 Å². The summed E-state index contributed by atoms with van der Waals surface area (Å²) in [6.45, 7) is 7.26. The van der Waals surface area contributed by atoms with Crippen LogP contribution >= 0.6 is 0 Å². The van der Waals surface area contributed by atoms with Gasteiger partial charge in [0.05, 0.1) is 6.10 Å². The largest absolute Gasteiger partial charge is 0.483 e. The van der Waals surface area contributed by atoms with Crippen molar-refractivity contribution in [3.8, 4) is 5.75 Å². The molecule has 2 atom stereocenters. The summed E-state index contributed by atoms with van der Waals surface area (Å²) < 4.78 is 18.5. The quantitative estimate of drug-likeness (QED) is 0.843. The van der Waals surface area contributed by atoms with Gasteiger partial charge in [0.15, 0.2) is 6.61 Å². The van der Waals surface area contributed by atoms with Crippen LogP contribution in [0.4, 0.5) is 4.39 Å². The molecule has 112 valence electrons. The number of rotatable bonds is 6. The molecule has 20 heavy (non-hydrogen) atoms. The van der Waals surface area contributed by atoms with Gasteiger partial charge < -0.3 is 15.2 Å². The molecule has 0 aliphatic heterocycles. The topological polar surface area (TPSA) is 58.6 Å². The average Bonchev–Trinajstić information content (AvgIpc) is 2.35. The Hall–Kier alpha value is -1.62. The fourth-order valence-corrected chi connectivity index (χ4v) is 1.58. The zero-order valence-electron chi connectivity index (χ0n) is 12.3. The highest BCUT2D eigenvalue weighted by atomic mass is 19.1. The predicted molar refractivity (Wildman–Crippen MR) is 75.0 cm³/mol. The van der Waals surface area contributed by atoms with Crippen molar-refractivity contribution in [2.75, 3.05) is 6.61 Å². The van der Waals surface area contributed by atoms with E-state index in [0.29, 0.717) is 11.5 Å². The van der Waals surface area contributed by atoms with E-state index in [1.54, 1.807) is 6.92 Å². The first kappa shape index (κ1) is 16.4. The van der Waals surface area contributed by atoms with Crippen molar-refractivity contribution in [1.82, 2.24) is 5.32 Å². The minimum Gasteiger partial charge on any atom is -0.483 e. The minimum atomic E-state index is -0.789. The molecule has 0 aliphatic rings. The number of halogens is 1. The molecule has 1 aromatic rings. The van der Waals surface area contributed by atoms with E-state index in [4.69, 9.17) is 4.74 Å². The lowest BCUT2D eigenvalue weighted by Gasteiger charge is -2.18. The summed E-state index contributed by atoms with van der Waals surface area (Å²) in [4.78, 5) is 11.7. The number of nitrogens with one attached hydrogen (secondary N) is 1. The minimum absolute atomic E-state index is 0.0369. The van der Waals surface area contributed by atoms with Crippen LogP contribution in [0.15, 0.2) is 18.2 Å². The number of ether oxygens (including phenoxy) is 1. The Kier molecular flexibility index (Phi) is 5.95. The second-order valence-electron chi connectivity index (χ2n) is 5.25. The lowest BCUT2D eigenvalue weighted by Crippen LogP contribution is -2.39. The third kappa shape index (κ3) is 4.81. The summed E-state index contributed by atoms with van der Waals surface area (Å²) in [6.07, 6.45) is -0.789. The molecule has 1 rings (SSSR count). The second kappa shape index (κ2) is 7.24. The first-order valence-corrected chi connectivity index (χ1v) is 6.71. The number of amides is 1. The summed E-state index contributed by atoms with van der Waals surface area (Å²) in [5, 5.41) is 12.4. The van der Waals surface area contributed by atoms with Gasteiger partial charge in [0.1, 0.15) is 11.6 Å². The van der Waals surface area contributed by atoms with Crippen LogP contribution < -0.4 is 10.1 Å². The van der Waals surface area contributed by atoms with Crippen molar-refractivity contribution in [2.24, 2.45) is 5.92 Å². The molecule has 0 heterocycles. The summed E-state index contributed by atoms with van der Waals surface area (Å²) in [7, 11) is 0. The van der Waals surface area contributed by atoms with Gasteiger partial charge in [0.25, 0.3) is 5.91 Å². The zero-order chi connectivity index (χ0) is 15.3. The highest BCUT2D eigenvalue weighted by Gasteiger charge is 2.14.